The van der Waals surface area contributed by atoms with Crippen molar-refractivity contribution in [3.05, 3.63) is 24.0 Å². The third-order valence-electron chi connectivity index (χ3n) is 2.95. The maximum atomic E-state index is 13.6. The van der Waals surface area contributed by atoms with Gasteiger partial charge in [-0.05, 0) is 37.8 Å². The van der Waals surface area contributed by atoms with Gasteiger partial charge in [0.2, 0.25) is 6.08 Å². The second-order valence-corrected chi connectivity index (χ2v) is 4.17. The molecule has 1 saturated carbocycles. The Kier molecular flexibility index (Phi) is 3.89. The van der Waals surface area contributed by atoms with Crippen molar-refractivity contribution in [1.82, 2.24) is 0 Å². The van der Waals surface area contributed by atoms with E-state index in [-0.39, 0.29) is 17.5 Å². The Labute approximate surface area is 99.3 Å². The van der Waals surface area contributed by atoms with E-state index >= 15 is 0 Å². The van der Waals surface area contributed by atoms with Crippen LogP contribution in [0.2, 0.25) is 0 Å². The number of isocyanates is 1. The lowest BCUT2D eigenvalue weighted by Crippen LogP contribution is -2.20. The molecule has 0 amide bonds. The molecule has 0 N–H and O–H groups in total. The molecule has 1 aromatic rings. The van der Waals surface area contributed by atoms with Crippen LogP contribution >= 0.6 is 0 Å². The SMILES string of the molecule is O=C=Nc1cccc(F)c1OC1CCCCC1. The highest BCUT2D eigenvalue weighted by Crippen LogP contribution is 2.33. The Hall–Kier alpha value is -1.67. The minimum Gasteiger partial charge on any atom is -0.485 e. The molecule has 0 atom stereocenters. The van der Waals surface area contributed by atoms with E-state index in [4.69, 9.17) is 4.74 Å². The Morgan fingerprint density at radius 2 is 2.06 bits per heavy atom. The first-order chi connectivity index (χ1) is 8.31. The number of nitrogens with zero attached hydrogens (tertiary/aromatic N) is 1. The minimum atomic E-state index is -0.480. The number of benzene rings is 1. The molecule has 0 aliphatic heterocycles. The number of para-hydroxylation sites is 1. The molecule has 90 valence electrons. The van der Waals surface area contributed by atoms with E-state index in [0.717, 1.165) is 25.7 Å². The first-order valence-corrected chi connectivity index (χ1v) is 5.84. The lowest BCUT2D eigenvalue weighted by Gasteiger charge is -2.23. The van der Waals surface area contributed by atoms with Gasteiger partial charge in [0.15, 0.2) is 11.6 Å². The van der Waals surface area contributed by atoms with E-state index in [0.29, 0.717) is 0 Å². The number of halogens is 1. The van der Waals surface area contributed by atoms with Crippen molar-refractivity contribution < 1.29 is 13.9 Å². The first-order valence-electron chi connectivity index (χ1n) is 5.84. The molecule has 1 aromatic carbocycles. The van der Waals surface area contributed by atoms with Gasteiger partial charge in [-0.25, -0.2) is 9.18 Å². The molecular weight excluding hydrogens is 221 g/mol. The van der Waals surface area contributed by atoms with E-state index in [9.17, 15) is 9.18 Å². The second kappa shape index (κ2) is 5.60. The monoisotopic (exact) mass is 235 g/mol. The van der Waals surface area contributed by atoms with Crippen molar-refractivity contribution >= 4 is 11.8 Å². The normalized spacial score (nSPS) is 16.3. The molecule has 4 heteroatoms. The van der Waals surface area contributed by atoms with Gasteiger partial charge in [-0.15, -0.1) is 0 Å². The van der Waals surface area contributed by atoms with Crippen LogP contribution in [0.3, 0.4) is 0 Å². The van der Waals surface area contributed by atoms with Crippen molar-refractivity contribution in [1.29, 1.82) is 0 Å². The molecule has 0 heterocycles. The number of hydrogen-bond acceptors (Lipinski definition) is 3. The maximum absolute atomic E-state index is 13.6. The molecule has 0 aromatic heterocycles. The summed E-state index contributed by atoms with van der Waals surface area (Å²) in [5.74, 6) is -0.408. The molecule has 3 nitrogen and oxygen atoms in total. The van der Waals surface area contributed by atoms with Crippen molar-refractivity contribution in [3.63, 3.8) is 0 Å². The molecule has 2 rings (SSSR count). The molecular formula is C13H14FNO2. The van der Waals surface area contributed by atoms with Gasteiger partial charge < -0.3 is 4.74 Å². The second-order valence-electron chi connectivity index (χ2n) is 4.17. The van der Waals surface area contributed by atoms with Crippen molar-refractivity contribution in [2.75, 3.05) is 0 Å². The average Bonchev–Trinajstić information content (AvgIpc) is 2.35. The zero-order valence-electron chi connectivity index (χ0n) is 9.49. The third kappa shape index (κ3) is 2.92. The van der Waals surface area contributed by atoms with E-state index in [1.807, 2.05) is 0 Å². The number of ether oxygens (including phenoxy) is 1. The molecule has 17 heavy (non-hydrogen) atoms. The van der Waals surface area contributed by atoms with Crippen molar-refractivity contribution in [3.8, 4) is 5.75 Å². The summed E-state index contributed by atoms with van der Waals surface area (Å²) in [6.45, 7) is 0. The van der Waals surface area contributed by atoms with Gasteiger partial charge in [-0.1, -0.05) is 12.5 Å². The molecule has 0 saturated heterocycles. The van der Waals surface area contributed by atoms with Crippen molar-refractivity contribution in [2.24, 2.45) is 4.99 Å². The number of rotatable bonds is 3. The summed E-state index contributed by atoms with van der Waals surface area (Å²) in [5.41, 5.74) is 0.213. The van der Waals surface area contributed by atoms with Crippen LogP contribution in [0.15, 0.2) is 23.2 Å². The largest absolute Gasteiger partial charge is 0.485 e. The number of carbonyl (C=O) groups excluding carboxylic acids is 1. The zero-order chi connectivity index (χ0) is 12.1. The van der Waals surface area contributed by atoms with Crippen LogP contribution in [0.4, 0.5) is 10.1 Å². The molecule has 0 bridgehead atoms. The minimum absolute atomic E-state index is 0.0289. The van der Waals surface area contributed by atoms with Crippen LogP contribution in [0.25, 0.3) is 0 Å². The van der Waals surface area contributed by atoms with Crippen molar-refractivity contribution in [2.45, 2.75) is 38.2 Å². The first kappa shape index (κ1) is 11.8. The molecule has 0 spiro atoms. The highest BCUT2D eigenvalue weighted by molar-refractivity contribution is 5.58. The summed E-state index contributed by atoms with van der Waals surface area (Å²) in [4.78, 5) is 13.7. The summed E-state index contributed by atoms with van der Waals surface area (Å²) in [6.07, 6.45) is 6.71. The van der Waals surface area contributed by atoms with E-state index in [1.165, 1.54) is 24.6 Å². The maximum Gasteiger partial charge on any atom is 0.240 e. The Balaban J connectivity index is 2.20. The fourth-order valence-electron chi connectivity index (χ4n) is 2.10. The Bertz CT molecular complexity index is 435. The van der Waals surface area contributed by atoms with Crippen LogP contribution in [-0.4, -0.2) is 12.2 Å². The van der Waals surface area contributed by atoms with Crippen LogP contribution < -0.4 is 4.74 Å². The lowest BCUT2D eigenvalue weighted by atomic mass is 9.98. The highest BCUT2D eigenvalue weighted by Gasteiger charge is 2.18. The van der Waals surface area contributed by atoms with E-state index in [2.05, 4.69) is 4.99 Å². The standard InChI is InChI=1S/C13H14FNO2/c14-11-7-4-8-12(15-9-16)13(11)17-10-5-2-1-3-6-10/h4,7-8,10H,1-3,5-6H2. The zero-order valence-corrected chi connectivity index (χ0v) is 9.49. The Morgan fingerprint density at radius 3 is 2.76 bits per heavy atom. The van der Waals surface area contributed by atoms with Crippen LogP contribution in [0.5, 0.6) is 5.75 Å². The van der Waals surface area contributed by atoms with Crippen LogP contribution in [0, 0.1) is 5.82 Å². The summed E-state index contributed by atoms with van der Waals surface area (Å²) in [7, 11) is 0. The fourth-order valence-corrected chi connectivity index (χ4v) is 2.10. The van der Waals surface area contributed by atoms with Gasteiger partial charge in [0.1, 0.15) is 5.69 Å². The predicted molar refractivity (Wildman–Crippen MR) is 61.7 cm³/mol. The van der Waals surface area contributed by atoms with Gasteiger partial charge in [-0.3, -0.25) is 0 Å². The fraction of sp³-hybridized carbons (Fsp3) is 0.462. The third-order valence-corrected chi connectivity index (χ3v) is 2.95. The van der Waals surface area contributed by atoms with Gasteiger partial charge >= 0.3 is 0 Å². The van der Waals surface area contributed by atoms with Gasteiger partial charge in [-0.2, -0.15) is 4.99 Å². The summed E-state index contributed by atoms with van der Waals surface area (Å²) in [6, 6.07) is 4.35. The summed E-state index contributed by atoms with van der Waals surface area (Å²) >= 11 is 0. The van der Waals surface area contributed by atoms with Gasteiger partial charge in [0.05, 0.1) is 6.10 Å². The smallest absolute Gasteiger partial charge is 0.240 e. The highest BCUT2D eigenvalue weighted by atomic mass is 19.1. The molecule has 1 aliphatic carbocycles. The van der Waals surface area contributed by atoms with E-state index < -0.39 is 5.82 Å². The van der Waals surface area contributed by atoms with E-state index in [1.54, 1.807) is 6.07 Å². The van der Waals surface area contributed by atoms with Crippen LogP contribution in [-0.2, 0) is 4.79 Å². The predicted octanol–water partition coefficient (Wildman–Crippen LogP) is 3.50. The average molecular weight is 235 g/mol. The molecule has 0 radical (unpaired) electrons. The van der Waals surface area contributed by atoms with Crippen LogP contribution in [0.1, 0.15) is 32.1 Å². The topological polar surface area (TPSA) is 38.7 Å². The molecule has 1 fully saturated rings. The number of hydrogen-bond donors (Lipinski definition) is 0. The van der Waals surface area contributed by atoms with Gasteiger partial charge in [0.25, 0.3) is 0 Å². The molecule has 0 unspecified atom stereocenters. The summed E-state index contributed by atoms with van der Waals surface area (Å²) in [5, 5.41) is 0. The Morgan fingerprint density at radius 1 is 1.29 bits per heavy atom. The lowest BCUT2D eigenvalue weighted by molar-refractivity contribution is 0.149. The van der Waals surface area contributed by atoms with Gasteiger partial charge in [0, 0.05) is 0 Å². The molecule has 1 aliphatic rings. The quantitative estimate of drug-likeness (QED) is 0.594. The number of aliphatic imine (C=N–C) groups is 1. The summed E-state index contributed by atoms with van der Waals surface area (Å²) < 4.78 is 19.2.